The third-order valence-corrected chi connectivity index (χ3v) is 2.97. The van der Waals surface area contributed by atoms with Gasteiger partial charge in [-0.05, 0) is 29.8 Å². The quantitative estimate of drug-likeness (QED) is 0.796. The van der Waals surface area contributed by atoms with Gasteiger partial charge >= 0.3 is 0 Å². The van der Waals surface area contributed by atoms with Gasteiger partial charge in [-0.2, -0.15) is 0 Å². The predicted molar refractivity (Wildman–Crippen MR) is 81.4 cm³/mol. The van der Waals surface area contributed by atoms with Crippen molar-refractivity contribution >= 4 is 5.91 Å². The van der Waals surface area contributed by atoms with Crippen LogP contribution >= 0.6 is 0 Å². The highest BCUT2D eigenvalue weighted by Crippen LogP contribution is 2.12. The standard InChI is InChI=1S/C17H19NO3/c1-20-11-12-21-16-9-7-14(8-10-16)13-18-17(19)15-5-3-2-4-6-15/h2-10H,11-13H2,1H3,(H,18,19). The highest BCUT2D eigenvalue weighted by atomic mass is 16.5. The minimum atomic E-state index is -0.0731. The maximum absolute atomic E-state index is 11.9. The molecule has 110 valence electrons. The van der Waals surface area contributed by atoms with Crippen molar-refractivity contribution in [2.75, 3.05) is 20.3 Å². The summed E-state index contributed by atoms with van der Waals surface area (Å²) in [5, 5.41) is 2.89. The second-order valence-electron chi connectivity index (χ2n) is 4.53. The van der Waals surface area contributed by atoms with Crippen LogP contribution in [0.15, 0.2) is 54.6 Å². The molecule has 1 amide bonds. The summed E-state index contributed by atoms with van der Waals surface area (Å²) in [5.41, 5.74) is 1.69. The van der Waals surface area contributed by atoms with Crippen molar-refractivity contribution in [2.24, 2.45) is 0 Å². The van der Waals surface area contributed by atoms with E-state index in [9.17, 15) is 4.79 Å². The van der Waals surface area contributed by atoms with E-state index < -0.39 is 0 Å². The second kappa shape index (κ2) is 8.07. The van der Waals surface area contributed by atoms with Crippen LogP contribution in [0.1, 0.15) is 15.9 Å². The zero-order valence-corrected chi connectivity index (χ0v) is 12.0. The zero-order chi connectivity index (χ0) is 14.9. The third kappa shape index (κ3) is 4.93. The van der Waals surface area contributed by atoms with Crippen LogP contribution in [0.3, 0.4) is 0 Å². The second-order valence-corrected chi connectivity index (χ2v) is 4.53. The van der Waals surface area contributed by atoms with Crippen molar-refractivity contribution in [3.8, 4) is 5.75 Å². The van der Waals surface area contributed by atoms with E-state index in [-0.39, 0.29) is 5.91 Å². The van der Waals surface area contributed by atoms with Crippen LogP contribution in [0, 0.1) is 0 Å². The number of ether oxygens (including phenoxy) is 2. The van der Waals surface area contributed by atoms with Gasteiger partial charge in [0, 0.05) is 19.2 Å². The molecule has 0 radical (unpaired) electrons. The number of rotatable bonds is 7. The Labute approximate surface area is 124 Å². The van der Waals surface area contributed by atoms with E-state index in [1.54, 1.807) is 19.2 Å². The number of carbonyl (C=O) groups excluding carboxylic acids is 1. The third-order valence-electron chi connectivity index (χ3n) is 2.97. The van der Waals surface area contributed by atoms with Gasteiger partial charge in [0.1, 0.15) is 12.4 Å². The lowest BCUT2D eigenvalue weighted by Gasteiger charge is -2.08. The number of methoxy groups -OCH3 is 1. The molecule has 0 aliphatic heterocycles. The summed E-state index contributed by atoms with van der Waals surface area (Å²) < 4.78 is 10.4. The molecule has 0 spiro atoms. The van der Waals surface area contributed by atoms with Crippen molar-refractivity contribution in [1.82, 2.24) is 5.32 Å². The summed E-state index contributed by atoms with van der Waals surface area (Å²) in [6.07, 6.45) is 0. The van der Waals surface area contributed by atoms with E-state index in [1.807, 2.05) is 42.5 Å². The molecule has 2 aromatic carbocycles. The lowest BCUT2D eigenvalue weighted by Crippen LogP contribution is -2.22. The van der Waals surface area contributed by atoms with Crippen molar-refractivity contribution in [3.05, 3.63) is 65.7 Å². The highest BCUT2D eigenvalue weighted by Gasteiger charge is 2.03. The fourth-order valence-corrected chi connectivity index (χ4v) is 1.82. The Hall–Kier alpha value is -2.33. The summed E-state index contributed by atoms with van der Waals surface area (Å²) in [7, 11) is 1.64. The van der Waals surface area contributed by atoms with Gasteiger partial charge in [0.25, 0.3) is 5.91 Å². The van der Waals surface area contributed by atoms with Gasteiger partial charge in [0.2, 0.25) is 0 Å². The number of amides is 1. The lowest BCUT2D eigenvalue weighted by molar-refractivity contribution is 0.0951. The zero-order valence-electron chi connectivity index (χ0n) is 12.0. The van der Waals surface area contributed by atoms with Gasteiger partial charge in [-0.1, -0.05) is 30.3 Å². The molecule has 2 rings (SSSR count). The number of nitrogens with one attached hydrogen (secondary N) is 1. The average molecular weight is 285 g/mol. The summed E-state index contributed by atoms with van der Waals surface area (Å²) in [5.74, 6) is 0.723. The first kappa shape index (κ1) is 15.1. The van der Waals surface area contributed by atoms with Gasteiger partial charge in [-0.3, -0.25) is 4.79 Å². The molecule has 0 saturated heterocycles. The highest BCUT2D eigenvalue weighted by molar-refractivity contribution is 5.94. The van der Waals surface area contributed by atoms with Crippen molar-refractivity contribution in [3.63, 3.8) is 0 Å². The number of carbonyl (C=O) groups is 1. The summed E-state index contributed by atoms with van der Waals surface area (Å²) in [6.45, 7) is 1.58. The Kier molecular flexibility index (Phi) is 5.79. The van der Waals surface area contributed by atoms with Crippen molar-refractivity contribution < 1.29 is 14.3 Å². The molecule has 0 heterocycles. The Morgan fingerprint density at radius 3 is 2.38 bits per heavy atom. The molecule has 4 nitrogen and oxygen atoms in total. The molecule has 0 aliphatic rings. The van der Waals surface area contributed by atoms with E-state index in [4.69, 9.17) is 9.47 Å². The molecule has 2 aromatic rings. The van der Waals surface area contributed by atoms with Crippen molar-refractivity contribution in [2.45, 2.75) is 6.54 Å². The van der Waals surface area contributed by atoms with Crippen LogP contribution in [0.25, 0.3) is 0 Å². The number of benzene rings is 2. The topological polar surface area (TPSA) is 47.6 Å². The van der Waals surface area contributed by atoms with Gasteiger partial charge < -0.3 is 14.8 Å². The van der Waals surface area contributed by atoms with E-state index in [0.717, 1.165) is 11.3 Å². The summed E-state index contributed by atoms with van der Waals surface area (Å²) in [4.78, 5) is 11.9. The molecular weight excluding hydrogens is 266 g/mol. The van der Waals surface area contributed by atoms with Crippen LogP contribution in [-0.2, 0) is 11.3 Å². The fraction of sp³-hybridized carbons (Fsp3) is 0.235. The van der Waals surface area contributed by atoms with Gasteiger partial charge in [0.15, 0.2) is 0 Å². The van der Waals surface area contributed by atoms with Crippen LogP contribution < -0.4 is 10.1 Å². The van der Waals surface area contributed by atoms with Crippen LogP contribution in [0.2, 0.25) is 0 Å². The lowest BCUT2D eigenvalue weighted by atomic mass is 10.2. The largest absolute Gasteiger partial charge is 0.491 e. The maximum atomic E-state index is 11.9. The van der Waals surface area contributed by atoms with Gasteiger partial charge in [-0.25, -0.2) is 0 Å². The SMILES string of the molecule is COCCOc1ccc(CNC(=O)c2ccccc2)cc1. The molecule has 0 unspecified atom stereocenters. The minimum absolute atomic E-state index is 0.0731. The molecule has 0 atom stereocenters. The summed E-state index contributed by atoms with van der Waals surface area (Å²) in [6, 6.07) is 16.8. The first-order valence-electron chi connectivity index (χ1n) is 6.83. The van der Waals surface area contributed by atoms with Crippen LogP contribution in [0.5, 0.6) is 5.75 Å². The van der Waals surface area contributed by atoms with Crippen molar-refractivity contribution in [1.29, 1.82) is 0 Å². The average Bonchev–Trinajstić information content (AvgIpc) is 2.55. The van der Waals surface area contributed by atoms with E-state index in [2.05, 4.69) is 5.32 Å². The van der Waals surface area contributed by atoms with Crippen LogP contribution in [-0.4, -0.2) is 26.2 Å². The molecular formula is C17H19NO3. The Morgan fingerprint density at radius 2 is 1.71 bits per heavy atom. The van der Waals surface area contributed by atoms with E-state index in [0.29, 0.717) is 25.3 Å². The Balaban J connectivity index is 1.82. The molecule has 0 saturated carbocycles. The smallest absolute Gasteiger partial charge is 0.251 e. The molecule has 0 aliphatic carbocycles. The molecule has 1 N–H and O–H groups in total. The molecule has 0 aromatic heterocycles. The normalized spacial score (nSPS) is 10.1. The number of hydrogen-bond donors (Lipinski definition) is 1. The molecule has 0 bridgehead atoms. The first-order valence-corrected chi connectivity index (χ1v) is 6.83. The Bertz CT molecular complexity index is 552. The molecule has 4 heteroatoms. The minimum Gasteiger partial charge on any atom is -0.491 e. The van der Waals surface area contributed by atoms with E-state index >= 15 is 0 Å². The summed E-state index contributed by atoms with van der Waals surface area (Å²) >= 11 is 0. The monoisotopic (exact) mass is 285 g/mol. The van der Waals surface area contributed by atoms with E-state index in [1.165, 1.54) is 0 Å². The van der Waals surface area contributed by atoms with Gasteiger partial charge in [0.05, 0.1) is 6.61 Å². The number of hydrogen-bond acceptors (Lipinski definition) is 3. The van der Waals surface area contributed by atoms with Crippen LogP contribution in [0.4, 0.5) is 0 Å². The van der Waals surface area contributed by atoms with Gasteiger partial charge in [-0.15, -0.1) is 0 Å². The first-order chi connectivity index (χ1) is 10.3. The molecule has 0 fully saturated rings. The fourth-order valence-electron chi connectivity index (χ4n) is 1.82. The molecule has 21 heavy (non-hydrogen) atoms. The maximum Gasteiger partial charge on any atom is 0.251 e. The Morgan fingerprint density at radius 1 is 1.00 bits per heavy atom. The predicted octanol–water partition coefficient (Wildman–Crippen LogP) is 2.64.